The molecular formula is C90H147O7PS49. The predicted octanol–water partition coefficient (Wildman–Crippen LogP) is 24.0. The van der Waals surface area contributed by atoms with E-state index in [0.29, 0.717) is 30.3 Å². The van der Waals surface area contributed by atoms with E-state index >= 15 is 0 Å². The topological polar surface area (TPSA) is 123 Å². The number of benzene rings is 2. The van der Waals surface area contributed by atoms with Crippen molar-refractivity contribution in [2.75, 3.05) is 0 Å². The van der Waals surface area contributed by atoms with Crippen LogP contribution in [-0.4, -0.2) is 74.9 Å². The van der Waals surface area contributed by atoms with Crippen molar-refractivity contribution < 1.29 is 34.5 Å². The highest BCUT2D eigenvalue weighted by molar-refractivity contribution is 8.81. The third kappa shape index (κ3) is 97.8. The first-order valence-corrected chi connectivity index (χ1v) is 113. The van der Waals surface area contributed by atoms with Crippen LogP contribution in [0.1, 0.15) is 318 Å². The summed E-state index contributed by atoms with van der Waals surface area (Å²) in [6.07, 6.45) is 89.3. The van der Waals surface area contributed by atoms with E-state index in [0.717, 1.165) is 157 Å². The summed E-state index contributed by atoms with van der Waals surface area (Å²) in [6, 6.07) is 19.5. The van der Waals surface area contributed by atoms with Crippen LogP contribution in [0.5, 0.6) is 0 Å². The Kier molecular flexibility index (Phi) is 119. The highest BCUT2D eigenvalue weighted by atomic mass is 33.5. The van der Waals surface area contributed by atoms with E-state index in [1.54, 1.807) is 266 Å². The number of hydrogen-bond acceptors (Lipinski definition) is 11. The van der Waals surface area contributed by atoms with Crippen molar-refractivity contribution in [2.45, 2.75) is 372 Å². The Balaban J connectivity index is 0.000000562. The first-order valence-electron chi connectivity index (χ1n) is 48.7. The van der Waals surface area contributed by atoms with E-state index in [1.807, 2.05) is 172 Å². The molecule has 7 nitrogen and oxygen atoms in total. The predicted molar refractivity (Wildman–Crippen MR) is 785 cm³/mol. The van der Waals surface area contributed by atoms with E-state index in [4.69, 9.17) is 54.2 Å². The van der Waals surface area contributed by atoms with Crippen LogP contribution in [0.15, 0.2) is 158 Å². The number of aliphatic hydroxyl groups is 4. The van der Waals surface area contributed by atoms with Crippen LogP contribution in [-0.2, 0) is 458 Å². The molecule has 2 aromatic carbocycles. The first-order chi connectivity index (χ1) is 72.2. The second-order valence-corrected chi connectivity index (χ2v) is 116. The molecule has 1 saturated carbocycles. The van der Waals surface area contributed by atoms with Crippen LogP contribution >= 0.6 is 7.14 Å². The lowest BCUT2D eigenvalue weighted by molar-refractivity contribution is 0.138. The van der Waals surface area contributed by atoms with E-state index in [9.17, 15) is 25.0 Å². The standard InChI is InChI=1S/C21H27O2P.3C9H16.2C8H12O.3C8H14O.C2H6.S25.S24/c1-17-9-8-14-20(22)21(16-15-17)24(23,18-10-4-2-5-11-18)19-12-6-3-7-13-19;3*1-9-7-5-3-2-4-6-8-9;2*1-2-4-6-8-7(9-8)5-3-1;3*9-8-6-4-2-1-3-5-7-8;1-2;1-3-5-7-9-11-13-15-17-19-21-23-25-24-22-20-18-16-14-12-10-8-6-4-2;1-3-5-7-9-11-13-15-17-19-21-23-24-22-20-18-16-14-12-10-8-6-4-2/h2-7,10-13,17,20-22H,8-9,14-16H2,1H3;3*2-3,9H,4-8H2,1H3;2*1-2,7-8H,3-6H2;3*1-2,8-9H,3-7H2;1-2H3;;/b;2*3-2+;3-2-;;;2*2-1+;2-1-;;;/t;2*9-;;2*7-,8+;8-;;;;;/m.10...1...../s1. The van der Waals surface area contributed by atoms with Crippen LogP contribution in [0.4, 0.5) is 0 Å². The van der Waals surface area contributed by atoms with Gasteiger partial charge >= 0.3 is 0 Å². The number of epoxide rings is 2. The summed E-state index contributed by atoms with van der Waals surface area (Å²) in [4.78, 5) is 0. The first kappa shape index (κ1) is 150. The van der Waals surface area contributed by atoms with Crippen molar-refractivity contribution in [1.82, 2.24) is 0 Å². The highest BCUT2D eigenvalue weighted by Gasteiger charge is 2.42. The second-order valence-electron chi connectivity index (χ2n) is 33.0. The van der Waals surface area contributed by atoms with Gasteiger partial charge in [-0.1, -0.05) is 232 Å². The smallest absolute Gasteiger partial charge is 0.148 e. The van der Waals surface area contributed by atoms with Gasteiger partial charge in [-0.15, -0.1) is 0 Å². The Morgan fingerprint density at radius 1 is 0.218 bits per heavy atom. The zero-order valence-electron chi connectivity index (χ0n) is 83.4. The molecule has 0 bridgehead atoms. The zero-order valence-corrected chi connectivity index (χ0v) is 124. The number of rotatable bonds is 3. The van der Waals surface area contributed by atoms with E-state index in [-0.39, 0.29) is 24.0 Å². The molecule has 4 N–H and O–H groups in total. The summed E-state index contributed by atoms with van der Waals surface area (Å²) in [5, 5.41) is 40.1. The number of fused-ring (bicyclic) bond motifs is 2. The summed E-state index contributed by atoms with van der Waals surface area (Å²) in [5.74, 6) is 3.54. The lowest BCUT2D eigenvalue weighted by atomic mass is 9.91. The normalized spacial score (nSPS) is 23.8. The quantitative estimate of drug-likeness (QED) is 0.133. The molecule has 0 aromatic heterocycles. The van der Waals surface area contributed by atoms with E-state index in [1.165, 1.54) is 183 Å². The van der Waals surface area contributed by atoms with Crippen molar-refractivity contribution in [2.24, 2.45) is 23.7 Å². The van der Waals surface area contributed by atoms with Crippen LogP contribution in [0.3, 0.4) is 0 Å². The Bertz CT molecular complexity index is 6060. The van der Waals surface area contributed by atoms with Crippen molar-refractivity contribution in [3.05, 3.63) is 158 Å². The molecule has 3 fully saturated rings. The molecule has 2 heterocycles. The fraction of sp³-hybridized carbons (Fsp3) is 0.689. The van der Waals surface area contributed by atoms with Gasteiger partial charge in [0.2, 0.25) is 0 Å². The molecule has 2 saturated heterocycles. The second kappa shape index (κ2) is 117. The lowest BCUT2D eigenvalue weighted by Crippen LogP contribution is -2.36. The van der Waals surface area contributed by atoms with Crippen molar-refractivity contribution in [1.29, 1.82) is 0 Å². The summed E-state index contributed by atoms with van der Waals surface area (Å²) >= 11 is 19.1. The molecule has 848 valence electrons. The molecule has 2 aromatic rings. The van der Waals surface area contributed by atoms with Gasteiger partial charge in [0.15, 0.2) is 0 Å². The third-order valence-corrected chi connectivity index (χ3v) is 121. The molecule has 0 spiro atoms. The summed E-state index contributed by atoms with van der Waals surface area (Å²) in [7, 11) is 75.2. The zero-order chi connectivity index (χ0) is 106. The minimum absolute atomic E-state index is 0.0325. The maximum atomic E-state index is 14.4. The number of allylic oxidation sites excluding steroid dienone is 16. The third-order valence-electron chi connectivity index (χ3n) is 22.1. The van der Waals surface area contributed by atoms with E-state index in [2.05, 4.69) is 125 Å². The van der Waals surface area contributed by atoms with Crippen LogP contribution < -0.4 is 10.6 Å². The van der Waals surface area contributed by atoms with Gasteiger partial charge in [0.05, 0.1) is 48.8 Å². The SMILES string of the molecule is C1=CCC[C@H]2O[C@H]2CC1.C1=CCC[C@H]2O[C@H]2CC1.CC.CC1CC/C=C\CCC1.CC1CCCC(O)C(P(=O)(c2ccccc2)c2ccccc2)CC1.C[C@@H]1CC/C=C/CCC1.C[C@H]1CC/C=C/CCC1.OC1CC/C=C/CCC1.OC1CC/C=C\CCC1.O[C@@H]1CC/C=C/CCC1.S=S=S=S=S=S=S=S=S=S=S=S=S=S=S=S=S=S=S=S=S=S=S=S.S=S=S=S=S=S=S=S=S=S=S=S=S=S=S=S=S=S=S=S=S=S=S=S=S. The molecule has 0 amide bonds. The van der Waals surface area contributed by atoms with Crippen LogP contribution in [0.25, 0.3) is 0 Å². The minimum Gasteiger partial charge on any atom is -0.393 e. The molecule has 0 radical (unpaired) electrons. The molecule has 9 aliphatic carbocycles. The van der Waals surface area contributed by atoms with Gasteiger partial charge in [-0.25, -0.2) is 0 Å². The number of hydrogen-bond donors (Lipinski definition) is 4. The minimum atomic E-state index is -2.88. The lowest BCUT2D eigenvalue weighted by Gasteiger charge is -2.34. The molecule has 147 heavy (non-hydrogen) atoms. The Morgan fingerprint density at radius 2 is 0.401 bits per heavy atom. The van der Waals surface area contributed by atoms with Crippen molar-refractivity contribution in [3.63, 3.8) is 0 Å². The largest absolute Gasteiger partial charge is 0.393 e. The number of ether oxygens (including phenoxy) is 2. The molecule has 57 heteroatoms. The average Bonchev–Trinajstić information content (AvgIpc) is 1.74. The fourth-order valence-electron chi connectivity index (χ4n) is 14.7. The van der Waals surface area contributed by atoms with E-state index < -0.39 is 13.2 Å². The maximum absolute atomic E-state index is 14.4. The van der Waals surface area contributed by atoms with Gasteiger partial charge in [0, 0.05) is 461 Å². The van der Waals surface area contributed by atoms with Gasteiger partial charge in [-0.05, 0) is 268 Å². The van der Waals surface area contributed by atoms with Gasteiger partial charge < -0.3 is 34.5 Å². The fourth-order valence-corrected chi connectivity index (χ4v) is 131. The average molecular weight is 2940 g/mol. The summed E-state index contributed by atoms with van der Waals surface area (Å²) in [5.41, 5.74) is -0.190. The summed E-state index contributed by atoms with van der Waals surface area (Å²) < 4.78 is 25.2. The molecule has 13 atom stereocenters. The molecular weight excluding hydrogens is 2800 g/mol. The van der Waals surface area contributed by atoms with Gasteiger partial charge in [0.25, 0.3) is 0 Å². The van der Waals surface area contributed by atoms with Gasteiger partial charge in [0.1, 0.15) is 7.14 Å². The Hall–Kier alpha value is 7.13. The van der Waals surface area contributed by atoms with Crippen LogP contribution in [0.2, 0.25) is 0 Å². The molecule has 2 aliphatic heterocycles. The molecule has 13 rings (SSSR count). The number of aliphatic hydroxyl groups excluding tert-OH is 4. The van der Waals surface area contributed by atoms with Crippen LogP contribution in [0, 0.1) is 23.7 Å². The monoisotopic (exact) mass is 2940 g/mol. The maximum Gasteiger partial charge on any atom is 0.148 e. The van der Waals surface area contributed by atoms with Gasteiger partial charge in [-0.2, -0.15) is 0 Å². The molecule has 6 unspecified atom stereocenters. The molecule has 11 aliphatic rings. The summed E-state index contributed by atoms with van der Waals surface area (Å²) in [6.45, 7) is 13.3. The highest BCUT2D eigenvalue weighted by Crippen LogP contribution is 2.53. The Labute approximate surface area is 1030 Å². The van der Waals surface area contributed by atoms with Crippen molar-refractivity contribution in [3.8, 4) is 0 Å². The Morgan fingerprint density at radius 3 is 0.626 bits per heavy atom. The van der Waals surface area contributed by atoms with Crippen molar-refractivity contribution >= 4 is 462 Å². The van der Waals surface area contributed by atoms with Gasteiger partial charge in [-0.3, -0.25) is 0 Å².